The second kappa shape index (κ2) is 6.46. The molecule has 2 heterocycles. The van der Waals surface area contributed by atoms with Crippen molar-refractivity contribution in [3.63, 3.8) is 0 Å². The van der Waals surface area contributed by atoms with Crippen LogP contribution in [0.25, 0.3) is 0 Å². The van der Waals surface area contributed by atoms with E-state index in [2.05, 4.69) is 0 Å². The molecule has 0 radical (unpaired) electrons. The summed E-state index contributed by atoms with van der Waals surface area (Å²) in [6.07, 6.45) is 3.52. The van der Waals surface area contributed by atoms with Gasteiger partial charge >= 0.3 is 0 Å². The van der Waals surface area contributed by atoms with Crippen molar-refractivity contribution in [2.24, 2.45) is 0 Å². The van der Waals surface area contributed by atoms with Crippen molar-refractivity contribution in [2.75, 3.05) is 7.11 Å². The van der Waals surface area contributed by atoms with Crippen LogP contribution in [0.5, 0.6) is 5.75 Å². The second-order valence-electron chi connectivity index (χ2n) is 7.82. The molecule has 1 spiro atoms. The van der Waals surface area contributed by atoms with E-state index < -0.39 is 18.0 Å². The molecule has 6 atom stereocenters. The third-order valence-corrected chi connectivity index (χ3v) is 6.12. The molecule has 0 unspecified atom stereocenters. The minimum absolute atomic E-state index is 0.0582. The fraction of sp³-hybridized carbons (Fsp3) is 0.700. The van der Waals surface area contributed by atoms with Gasteiger partial charge in [0, 0.05) is 12.8 Å². The van der Waals surface area contributed by atoms with E-state index in [4.69, 9.17) is 23.7 Å². The van der Waals surface area contributed by atoms with Gasteiger partial charge in [-0.3, -0.25) is 0 Å². The fourth-order valence-electron chi connectivity index (χ4n) is 4.66. The number of hydrogen-bond acceptors (Lipinski definition) is 6. The largest absolute Gasteiger partial charge is 0.497 e. The summed E-state index contributed by atoms with van der Waals surface area (Å²) < 4.78 is 29.8. The first-order valence-electron chi connectivity index (χ1n) is 9.63. The van der Waals surface area contributed by atoms with Gasteiger partial charge in [0.1, 0.15) is 42.4 Å². The molecule has 1 aromatic rings. The third-order valence-electron chi connectivity index (χ3n) is 6.12. The first kappa shape index (κ1) is 17.0. The average Bonchev–Trinajstić information content (AvgIpc) is 3.40. The number of aliphatic hydroxyl groups excluding tert-OH is 1. The molecule has 0 aromatic heterocycles. The van der Waals surface area contributed by atoms with Crippen molar-refractivity contribution in [3.05, 3.63) is 29.8 Å². The molecule has 2 saturated heterocycles. The minimum atomic E-state index is -0.679. The van der Waals surface area contributed by atoms with Crippen LogP contribution in [0.1, 0.15) is 37.7 Å². The van der Waals surface area contributed by atoms with Crippen molar-refractivity contribution in [3.8, 4) is 5.75 Å². The Morgan fingerprint density at radius 3 is 2.46 bits per heavy atom. The van der Waals surface area contributed by atoms with Crippen molar-refractivity contribution in [1.29, 1.82) is 0 Å². The Morgan fingerprint density at radius 1 is 1.00 bits per heavy atom. The van der Waals surface area contributed by atoms with E-state index in [1.54, 1.807) is 7.11 Å². The van der Waals surface area contributed by atoms with Crippen molar-refractivity contribution in [2.45, 2.75) is 81.1 Å². The highest BCUT2D eigenvalue weighted by molar-refractivity contribution is 5.26. The average molecular weight is 362 g/mol. The molecule has 2 aliphatic heterocycles. The third kappa shape index (κ3) is 2.84. The summed E-state index contributed by atoms with van der Waals surface area (Å²) in [5.41, 5.74) is 1.03. The molecule has 1 N–H and O–H groups in total. The molecule has 142 valence electrons. The summed E-state index contributed by atoms with van der Waals surface area (Å²) in [7, 11) is 1.65. The molecule has 4 aliphatic rings. The van der Waals surface area contributed by atoms with Crippen molar-refractivity contribution < 1.29 is 28.8 Å². The number of aliphatic hydroxyl groups is 1. The summed E-state index contributed by atoms with van der Waals surface area (Å²) in [5, 5.41) is 10.7. The van der Waals surface area contributed by atoms with E-state index in [-0.39, 0.29) is 24.4 Å². The van der Waals surface area contributed by atoms with Crippen LogP contribution in [0, 0.1) is 0 Å². The molecule has 6 nitrogen and oxygen atoms in total. The van der Waals surface area contributed by atoms with Crippen molar-refractivity contribution >= 4 is 0 Å². The van der Waals surface area contributed by atoms with Gasteiger partial charge < -0.3 is 28.8 Å². The standard InChI is InChI=1S/C20H26O6/c1-22-13-7-5-12(6-8-13)11-23-15-14(21)16-17(24-16)19-18(15)25-20(26-19)9-3-2-4-10-20/h5-8,14-19,21H,2-4,9-11H2,1H3/t14-,15-,16+,17+,18+,19-/m0/s1. The Balaban J connectivity index is 1.30. The highest BCUT2D eigenvalue weighted by atomic mass is 16.8. The Bertz CT molecular complexity index is 640. The van der Waals surface area contributed by atoms with Gasteiger partial charge in [-0.05, 0) is 30.5 Å². The lowest BCUT2D eigenvalue weighted by Gasteiger charge is -2.34. The lowest BCUT2D eigenvalue weighted by atomic mass is 9.89. The number of methoxy groups -OCH3 is 1. The van der Waals surface area contributed by atoms with Crippen LogP contribution < -0.4 is 4.74 Å². The quantitative estimate of drug-likeness (QED) is 0.828. The number of rotatable bonds is 4. The molecule has 2 aliphatic carbocycles. The van der Waals surface area contributed by atoms with Gasteiger partial charge in [0.15, 0.2) is 5.79 Å². The van der Waals surface area contributed by atoms with E-state index in [9.17, 15) is 5.11 Å². The van der Waals surface area contributed by atoms with Crippen LogP contribution >= 0.6 is 0 Å². The van der Waals surface area contributed by atoms with E-state index in [0.29, 0.717) is 6.61 Å². The predicted molar refractivity (Wildman–Crippen MR) is 91.8 cm³/mol. The lowest BCUT2D eigenvalue weighted by molar-refractivity contribution is -0.209. The number of epoxide rings is 1. The van der Waals surface area contributed by atoms with Crippen LogP contribution in [0.15, 0.2) is 24.3 Å². The van der Waals surface area contributed by atoms with Gasteiger partial charge in [0.25, 0.3) is 0 Å². The first-order valence-corrected chi connectivity index (χ1v) is 9.63. The molecular formula is C20H26O6. The number of hydrogen-bond donors (Lipinski definition) is 1. The molecule has 6 heteroatoms. The van der Waals surface area contributed by atoms with Gasteiger partial charge in [-0.15, -0.1) is 0 Å². The number of fused-ring (bicyclic) bond motifs is 3. The number of benzene rings is 1. The fourth-order valence-corrected chi connectivity index (χ4v) is 4.66. The molecular weight excluding hydrogens is 336 g/mol. The molecule has 26 heavy (non-hydrogen) atoms. The molecule has 5 rings (SSSR count). The zero-order chi connectivity index (χ0) is 17.7. The van der Waals surface area contributed by atoms with Crippen LogP contribution in [0.2, 0.25) is 0 Å². The van der Waals surface area contributed by atoms with Crippen LogP contribution in [0.4, 0.5) is 0 Å². The summed E-state index contributed by atoms with van der Waals surface area (Å²) in [4.78, 5) is 0. The van der Waals surface area contributed by atoms with Crippen LogP contribution in [-0.4, -0.2) is 54.6 Å². The summed E-state index contributed by atoms with van der Waals surface area (Å²) in [6, 6.07) is 7.75. The molecule has 0 bridgehead atoms. The first-order chi connectivity index (χ1) is 12.7. The maximum Gasteiger partial charge on any atom is 0.169 e. The van der Waals surface area contributed by atoms with Gasteiger partial charge in [0.05, 0.1) is 13.7 Å². The van der Waals surface area contributed by atoms with E-state index >= 15 is 0 Å². The Kier molecular flexibility index (Phi) is 4.21. The highest BCUT2D eigenvalue weighted by Gasteiger charge is 2.67. The minimum Gasteiger partial charge on any atom is -0.497 e. The summed E-state index contributed by atoms with van der Waals surface area (Å²) >= 11 is 0. The van der Waals surface area contributed by atoms with E-state index in [0.717, 1.165) is 37.0 Å². The molecule has 0 amide bonds. The van der Waals surface area contributed by atoms with Gasteiger partial charge in [-0.1, -0.05) is 18.6 Å². The summed E-state index contributed by atoms with van der Waals surface area (Å²) in [5.74, 6) is 0.308. The topological polar surface area (TPSA) is 69.7 Å². The van der Waals surface area contributed by atoms with E-state index in [1.165, 1.54) is 6.42 Å². The smallest absolute Gasteiger partial charge is 0.169 e. The maximum absolute atomic E-state index is 10.7. The zero-order valence-electron chi connectivity index (χ0n) is 15.0. The number of ether oxygens (including phenoxy) is 5. The van der Waals surface area contributed by atoms with Crippen molar-refractivity contribution in [1.82, 2.24) is 0 Å². The van der Waals surface area contributed by atoms with Gasteiger partial charge in [-0.2, -0.15) is 0 Å². The lowest BCUT2D eigenvalue weighted by Crippen LogP contribution is -2.53. The molecule has 1 aromatic carbocycles. The zero-order valence-corrected chi connectivity index (χ0v) is 15.0. The maximum atomic E-state index is 10.7. The SMILES string of the molecule is COc1ccc(CO[C@H]2[C@H](O)[C@H]3O[C@H]3[C@@H]3OC4(CCCCC4)O[C@@H]32)cc1. The van der Waals surface area contributed by atoms with Gasteiger partial charge in [-0.25, -0.2) is 0 Å². The second-order valence-corrected chi connectivity index (χ2v) is 7.82. The Morgan fingerprint density at radius 2 is 1.73 bits per heavy atom. The monoisotopic (exact) mass is 362 g/mol. The van der Waals surface area contributed by atoms with Crippen LogP contribution in [-0.2, 0) is 25.6 Å². The van der Waals surface area contributed by atoms with Gasteiger partial charge in [0.2, 0.25) is 0 Å². The normalized spacial score (nSPS) is 40.1. The molecule has 2 saturated carbocycles. The summed E-state index contributed by atoms with van der Waals surface area (Å²) in [6.45, 7) is 0.405. The highest BCUT2D eigenvalue weighted by Crippen LogP contribution is 2.50. The molecule has 4 fully saturated rings. The Hall–Kier alpha value is -1.18. The Labute approximate surface area is 153 Å². The predicted octanol–water partition coefficient (Wildman–Crippen LogP) is 2.17. The van der Waals surface area contributed by atoms with Crippen LogP contribution in [0.3, 0.4) is 0 Å². The van der Waals surface area contributed by atoms with E-state index in [1.807, 2.05) is 24.3 Å².